The van der Waals surface area contributed by atoms with Crippen LogP contribution in [0.2, 0.25) is 0 Å². The van der Waals surface area contributed by atoms with Gasteiger partial charge in [0, 0.05) is 0 Å². The van der Waals surface area contributed by atoms with Crippen LogP contribution < -0.4 is 5.73 Å². The van der Waals surface area contributed by atoms with Gasteiger partial charge in [-0.15, -0.1) is 0 Å². The van der Waals surface area contributed by atoms with Gasteiger partial charge in [0.15, 0.2) is 15.9 Å². The van der Waals surface area contributed by atoms with Crippen LogP contribution in [0.5, 0.6) is 0 Å². The van der Waals surface area contributed by atoms with Crippen molar-refractivity contribution in [1.82, 2.24) is 0 Å². The number of ether oxygens (including phenoxy) is 1. The van der Waals surface area contributed by atoms with E-state index in [1.165, 1.54) is 0 Å². The molecule has 0 aliphatic heterocycles. The molecule has 0 aromatic rings. The van der Waals surface area contributed by atoms with E-state index in [1.807, 2.05) is 0 Å². The Hall–Kier alpha value is -1.32. The molecule has 0 rings (SSSR count). The van der Waals surface area contributed by atoms with Crippen LogP contribution in [0.15, 0.2) is 0 Å². The standard InChI is InChI=1S/C10H16F3NO5S/c1-6(2)3-4-20(17,18)5-7(8(14)15)19-9(16)10(11,12)13/h6-7H,3-5H2,1-2H3,(H2,14,15). The zero-order valence-corrected chi connectivity index (χ0v) is 11.8. The summed E-state index contributed by atoms with van der Waals surface area (Å²) in [4.78, 5) is 21.5. The first-order chi connectivity index (χ1) is 8.85. The second kappa shape index (κ2) is 6.91. The van der Waals surface area contributed by atoms with Gasteiger partial charge >= 0.3 is 12.1 Å². The average molecular weight is 319 g/mol. The quantitative estimate of drug-likeness (QED) is 0.684. The molecule has 10 heteroatoms. The fraction of sp³-hybridized carbons (Fsp3) is 0.800. The van der Waals surface area contributed by atoms with Gasteiger partial charge in [0.2, 0.25) is 0 Å². The predicted octanol–water partition coefficient (Wildman–Crippen LogP) is 0.407. The number of hydrogen-bond acceptors (Lipinski definition) is 5. The summed E-state index contributed by atoms with van der Waals surface area (Å²) in [6, 6.07) is 0. The number of primary amides is 1. The number of esters is 1. The third-order valence-corrected chi connectivity index (χ3v) is 3.88. The van der Waals surface area contributed by atoms with Crippen molar-refractivity contribution in [2.45, 2.75) is 32.5 Å². The lowest BCUT2D eigenvalue weighted by Crippen LogP contribution is -2.42. The minimum absolute atomic E-state index is 0.0505. The Morgan fingerprint density at radius 2 is 1.75 bits per heavy atom. The summed E-state index contributed by atoms with van der Waals surface area (Å²) in [7, 11) is -3.86. The molecular weight excluding hydrogens is 303 g/mol. The van der Waals surface area contributed by atoms with Crippen LogP contribution in [0.1, 0.15) is 20.3 Å². The Morgan fingerprint density at radius 1 is 1.25 bits per heavy atom. The van der Waals surface area contributed by atoms with E-state index in [0.29, 0.717) is 0 Å². The van der Waals surface area contributed by atoms with E-state index < -0.39 is 39.7 Å². The molecule has 1 amide bonds. The maximum absolute atomic E-state index is 12.0. The van der Waals surface area contributed by atoms with E-state index in [0.717, 1.165) is 0 Å². The lowest BCUT2D eigenvalue weighted by atomic mass is 10.2. The third kappa shape index (κ3) is 7.31. The van der Waals surface area contributed by atoms with E-state index >= 15 is 0 Å². The second-order valence-electron chi connectivity index (χ2n) is 4.59. The summed E-state index contributed by atoms with van der Waals surface area (Å²) in [5, 5.41) is 0. The molecule has 20 heavy (non-hydrogen) atoms. The first-order valence-electron chi connectivity index (χ1n) is 5.62. The summed E-state index contributed by atoms with van der Waals surface area (Å²) >= 11 is 0. The number of rotatable bonds is 7. The van der Waals surface area contributed by atoms with Gasteiger partial charge in [-0.2, -0.15) is 13.2 Å². The fourth-order valence-corrected chi connectivity index (χ4v) is 2.79. The molecule has 0 aliphatic rings. The van der Waals surface area contributed by atoms with Crippen molar-refractivity contribution in [2.75, 3.05) is 11.5 Å². The summed E-state index contributed by atoms with van der Waals surface area (Å²) in [5.41, 5.74) is 4.74. The number of hydrogen-bond donors (Lipinski definition) is 1. The van der Waals surface area contributed by atoms with Gasteiger partial charge in [-0.1, -0.05) is 13.8 Å². The Morgan fingerprint density at radius 3 is 2.10 bits per heavy atom. The van der Waals surface area contributed by atoms with Crippen molar-refractivity contribution in [3.63, 3.8) is 0 Å². The third-order valence-electron chi connectivity index (χ3n) is 2.21. The molecule has 0 radical (unpaired) electrons. The number of sulfone groups is 1. The van der Waals surface area contributed by atoms with Crippen LogP contribution in [-0.2, 0) is 24.2 Å². The van der Waals surface area contributed by atoms with Gasteiger partial charge in [0.05, 0.1) is 11.5 Å². The Balaban J connectivity index is 4.80. The van der Waals surface area contributed by atoms with Crippen molar-refractivity contribution in [1.29, 1.82) is 0 Å². The highest BCUT2D eigenvalue weighted by Crippen LogP contribution is 2.18. The van der Waals surface area contributed by atoms with Crippen LogP contribution >= 0.6 is 0 Å². The summed E-state index contributed by atoms with van der Waals surface area (Å²) in [6.07, 6.45) is -7.21. The number of alkyl halides is 3. The largest absolute Gasteiger partial charge is 0.490 e. The number of carbonyl (C=O) groups excluding carboxylic acids is 2. The van der Waals surface area contributed by atoms with Crippen molar-refractivity contribution in [3.05, 3.63) is 0 Å². The number of carbonyl (C=O) groups is 2. The molecule has 1 atom stereocenters. The summed E-state index contributed by atoms with van der Waals surface area (Å²) in [6.45, 7) is 3.51. The second-order valence-corrected chi connectivity index (χ2v) is 6.82. The molecule has 0 spiro atoms. The number of nitrogens with two attached hydrogens (primary N) is 1. The van der Waals surface area contributed by atoms with Gasteiger partial charge in [0.1, 0.15) is 0 Å². The van der Waals surface area contributed by atoms with Crippen LogP contribution in [0.4, 0.5) is 13.2 Å². The molecule has 1 unspecified atom stereocenters. The SMILES string of the molecule is CC(C)CCS(=O)(=O)CC(OC(=O)C(F)(F)F)C(N)=O. The molecule has 0 bridgehead atoms. The van der Waals surface area contributed by atoms with E-state index in [4.69, 9.17) is 5.73 Å². The maximum Gasteiger partial charge on any atom is 0.490 e. The molecule has 118 valence electrons. The van der Waals surface area contributed by atoms with E-state index in [9.17, 15) is 31.2 Å². The highest BCUT2D eigenvalue weighted by molar-refractivity contribution is 7.91. The molecular formula is C10H16F3NO5S. The molecule has 6 nitrogen and oxygen atoms in total. The zero-order chi connectivity index (χ0) is 16.1. The molecule has 0 aliphatic carbocycles. The van der Waals surface area contributed by atoms with Gasteiger partial charge in [-0.05, 0) is 12.3 Å². The van der Waals surface area contributed by atoms with E-state index in [2.05, 4.69) is 4.74 Å². The van der Waals surface area contributed by atoms with Gasteiger partial charge in [-0.25, -0.2) is 13.2 Å². The topological polar surface area (TPSA) is 104 Å². The Kier molecular flexibility index (Phi) is 6.45. The zero-order valence-electron chi connectivity index (χ0n) is 10.9. The van der Waals surface area contributed by atoms with Crippen molar-refractivity contribution < 1.29 is 35.9 Å². The lowest BCUT2D eigenvalue weighted by Gasteiger charge is -2.16. The molecule has 0 fully saturated rings. The van der Waals surface area contributed by atoms with Crippen LogP contribution in [-0.4, -0.2) is 44.1 Å². The average Bonchev–Trinajstić information content (AvgIpc) is 2.23. The van der Waals surface area contributed by atoms with Gasteiger partial charge < -0.3 is 10.5 Å². The minimum atomic E-state index is -5.32. The highest BCUT2D eigenvalue weighted by atomic mass is 32.2. The maximum atomic E-state index is 12.0. The van der Waals surface area contributed by atoms with Gasteiger partial charge in [0.25, 0.3) is 5.91 Å². The van der Waals surface area contributed by atoms with E-state index in [1.54, 1.807) is 13.8 Å². The molecule has 0 aromatic carbocycles. The van der Waals surface area contributed by atoms with Crippen LogP contribution in [0.3, 0.4) is 0 Å². The number of halogens is 3. The first kappa shape index (κ1) is 18.7. The molecule has 0 heterocycles. The fourth-order valence-electron chi connectivity index (χ4n) is 1.10. The van der Waals surface area contributed by atoms with Crippen molar-refractivity contribution >= 4 is 21.7 Å². The number of amides is 1. The molecule has 2 N–H and O–H groups in total. The molecule has 0 aromatic heterocycles. The summed E-state index contributed by atoms with van der Waals surface area (Å²) in [5.74, 6) is -5.44. The summed E-state index contributed by atoms with van der Waals surface area (Å²) < 4.78 is 63.0. The van der Waals surface area contributed by atoms with E-state index in [-0.39, 0.29) is 18.1 Å². The van der Waals surface area contributed by atoms with Crippen LogP contribution in [0, 0.1) is 5.92 Å². The normalized spacial score (nSPS) is 14.1. The van der Waals surface area contributed by atoms with Crippen molar-refractivity contribution in [3.8, 4) is 0 Å². The van der Waals surface area contributed by atoms with Crippen LogP contribution in [0.25, 0.3) is 0 Å². The molecule has 0 saturated heterocycles. The lowest BCUT2D eigenvalue weighted by molar-refractivity contribution is -0.204. The van der Waals surface area contributed by atoms with Crippen molar-refractivity contribution in [2.24, 2.45) is 11.7 Å². The smallest absolute Gasteiger partial charge is 0.445 e. The Labute approximate surface area is 114 Å². The van der Waals surface area contributed by atoms with Gasteiger partial charge in [-0.3, -0.25) is 4.79 Å². The first-order valence-corrected chi connectivity index (χ1v) is 7.45. The molecule has 0 saturated carbocycles. The predicted molar refractivity (Wildman–Crippen MR) is 63.2 cm³/mol. The minimum Gasteiger partial charge on any atom is -0.445 e. The monoisotopic (exact) mass is 319 g/mol. The Bertz CT molecular complexity index is 458. The highest BCUT2D eigenvalue weighted by Gasteiger charge is 2.43.